The van der Waals surface area contributed by atoms with Crippen molar-refractivity contribution in [1.29, 1.82) is 0 Å². The molecule has 2 saturated heterocycles. The Balaban J connectivity index is 1.67. The Morgan fingerprint density at radius 3 is 2.83 bits per heavy atom. The number of morpholine rings is 1. The number of nitrogens with zero attached hydrogens (tertiary/aromatic N) is 2. The minimum atomic E-state index is 0.420. The summed E-state index contributed by atoms with van der Waals surface area (Å²) in [6.07, 6.45) is 2.95. The van der Waals surface area contributed by atoms with E-state index in [1.54, 1.807) is 0 Å². The molecule has 2 atom stereocenters. The van der Waals surface area contributed by atoms with Crippen LogP contribution in [0.25, 0.3) is 0 Å². The smallest absolute Gasteiger partial charge is 0.0829 e. The number of hydrogen-bond acceptors (Lipinski definition) is 4. The van der Waals surface area contributed by atoms with Crippen LogP contribution in [0, 0.1) is 0 Å². The van der Waals surface area contributed by atoms with Crippen LogP contribution in [-0.4, -0.2) is 74.4 Å². The van der Waals surface area contributed by atoms with Crippen molar-refractivity contribution < 1.29 is 4.74 Å². The van der Waals surface area contributed by atoms with Crippen molar-refractivity contribution >= 4 is 0 Å². The molecule has 18 heavy (non-hydrogen) atoms. The van der Waals surface area contributed by atoms with Gasteiger partial charge in [0, 0.05) is 32.2 Å². The molecule has 2 fully saturated rings. The van der Waals surface area contributed by atoms with Crippen molar-refractivity contribution in [1.82, 2.24) is 15.1 Å². The number of ether oxygens (including phenoxy) is 1. The van der Waals surface area contributed by atoms with Crippen LogP contribution in [0.3, 0.4) is 0 Å². The van der Waals surface area contributed by atoms with E-state index >= 15 is 0 Å². The highest BCUT2D eigenvalue weighted by atomic mass is 16.5. The highest BCUT2D eigenvalue weighted by molar-refractivity contribution is 4.84. The number of nitrogens with one attached hydrogen (secondary N) is 1. The van der Waals surface area contributed by atoms with Crippen molar-refractivity contribution in [3.63, 3.8) is 0 Å². The van der Waals surface area contributed by atoms with E-state index in [1.807, 2.05) is 0 Å². The fraction of sp³-hybridized carbons (Fsp3) is 1.00. The average molecular weight is 255 g/mol. The van der Waals surface area contributed by atoms with E-state index in [-0.39, 0.29) is 0 Å². The molecule has 0 aromatic carbocycles. The molecule has 2 unspecified atom stereocenters. The van der Waals surface area contributed by atoms with Crippen LogP contribution in [-0.2, 0) is 4.74 Å². The number of hydrogen-bond donors (Lipinski definition) is 1. The summed E-state index contributed by atoms with van der Waals surface area (Å²) in [6.45, 7) is 13.4. The van der Waals surface area contributed by atoms with Gasteiger partial charge in [-0.3, -0.25) is 9.80 Å². The summed E-state index contributed by atoms with van der Waals surface area (Å²) >= 11 is 0. The summed E-state index contributed by atoms with van der Waals surface area (Å²) < 4.78 is 5.88. The van der Waals surface area contributed by atoms with Gasteiger partial charge in [-0.1, -0.05) is 13.8 Å². The predicted octanol–water partition coefficient (Wildman–Crippen LogP) is 0.781. The minimum Gasteiger partial charge on any atom is -0.374 e. The quantitative estimate of drug-likeness (QED) is 0.759. The first-order valence-corrected chi connectivity index (χ1v) is 7.61. The van der Waals surface area contributed by atoms with Gasteiger partial charge in [0.1, 0.15) is 0 Å². The normalized spacial score (nSPS) is 31.0. The van der Waals surface area contributed by atoms with E-state index in [4.69, 9.17) is 4.74 Å². The van der Waals surface area contributed by atoms with Crippen molar-refractivity contribution in [3.8, 4) is 0 Å². The third-order valence-electron chi connectivity index (χ3n) is 4.09. The van der Waals surface area contributed by atoms with Gasteiger partial charge in [0.2, 0.25) is 0 Å². The van der Waals surface area contributed by atoms with Crippen molar-refractivity contribution in [2.24, 2.45) is 0 Å². The van der Waals surface area contributed by atoms with Crippen LogP contribution >= 0.6 is 0 Å². The first-order valence-electron chi connectivity index (χ1n) is 7.61. The third-order valence-corrected chi connectivity index (χ3v) is 4.09. The van der Waals surface area contributed by atoms with Crippen LogP contribution in [0.2, 0.25) is 0 Å². The Bertz CT molecular complexity index is 237. The molecule has 1 N–H and O–H groups in total. The standard InChI is InChI=1S/C14H29N3O/c1-3-6-15-13-5-7-17(10-13)12-14-11-16(4-2)8-9-18-14/h13-15H,3-12H2,1-2H3. The van der Waals surface area contributed by atoms with Crippen LogP contribution in [0.4, 0.5) is 0 Å². The largest absolute Gasteiger partial charge is 0.374 e. The summed E-state index contributed by atoms with van der Waals surface area (Å²) in [5, 5.41) is 3.63. The molecular formula is C14H29N3O. The molecule has 0 saturated carbocycles. The summed E-state index contributed by atoms with van der Waals surface area (Å²) in [4.78, 5) is 5.06. The zero-order chi connectivity index (χ0) is 12.8. The Hall–Kier alpha value is -0.160. The van der Waals surface area contributed by atoms with Crippen molar-refractivity contribution in [2.45, 2.75) is 38.8 Å². The van der Waals surface area contributed by atoms with Gasteiger partial charge >= 0.3 is 0 Å². The summed E-state index contributed by atoms with van der Waals surface area (Å²) in [6, 6.07) is 0.704. The van der Waals surface area contributed by atoms with E-state index in [0.29, 0.717) is 12.1 Å². The highest BCUT2D eigenvalue weighted by Crippen LogP contribution is 2.13. The number of rotatable bonds is 6. The maximum Gasteiger partial charge on any atom is 0.0829 e. The molecule has 106 valence electrons. The van der Waals surface area contributed by atoms with Gasteiger partial charge < -0.3 is 10.1 Å². The van der Waals surface area contributed by atoms with Gasteiger partial charge in [0.15, 0.2) is 0 Å². The fourth-order valence-electron chi connectivity index (χ4n) is 2.98. The van der Waals surface area contributed by atoms with Gasteiger partial charge in [0.05, 0.1) is 12.7 Å². The minimum absolute atomic E-state index is 0.420. The van der Waals surface area contributed by atoms with Gasteiger partial charge in [-0.2, -0.15) is 0 Å². The molecule has 0 aliphatic carbocycles. The Labute approximate surface area is 112 Å². The zero-order valence-electron chi connectivity index (χ0n) is 12.0. The molecule has 0 radical (unpaired) electrons. The molecule has 0 amide bonds. The monoisotopic (exact) mass is 255 g/mol. The predicted molar refractivity (Wildman–Crippen MR) is 75.0 cm³/mol. The first kappa shape index (κ1) is 14.3. The molecule has 2 aliphatic heterocycles. The molecule has 0 aromatic heterocycles. The Morgan fingerprint density at radius 2 is 2.06 bits per heavy atom. The maximum absolute atomic E-state index is 5.88. The van der Waals surface area contributed by atoms with Gasteiger partial charge in [-0.15, -0.1) is 0 Å². The molecular weight excluding hydrogens is 226 g/mol. The van der Waals surface area contributed by atoms with E-state index in [0.717, 1.165) is 39.3 Å². The summed E-state index contributed by atoms with van der Waals surface area (Å²) in [5.74, 6) is 0. The van der Waals surface area contributed by atoms with Crippen LogP contribution in [0.5, 0.6) is 0 Å². The van der Waals surface area contributed by atoms with Crippen LogP contribution in [0.15, 0.2) is 0 Å². The molecule has 2 aliphatic rings. The maximum atomic E-state index is 5.88. The lowest BCUT2D eigenvalue weighted by Crippen LogP contribution is -2.47. The van der Waals surface area contributed by atoms with E-state index in [2.05, 4.69) is 29.0 Å². The average Bonchev–Trinajstić information content (AvgIpc) is 2.84. The molecule has 4 nitrogen and oxygen atoms in total. The fourth-order valence-corrected chi connectivity index (χ4v) is 2.98. The summed E-state index contributed by atoms with van der Waals surface area (Å²) in [7, 11) is 0. The number of likely N-dealkylation sites (N-methyl/N-ethyl adjacent to an activating group) is 1. The summed E-state index contributed by atoms with van der Waals surface area (Å²) in [5.41, 5.74) is 0. The van der Waals surface area contributed by atoms with Crippen molar-refractivity contribution in [3.05, 3.63) is 0 Å². The molecule has 4 heteroatoms. The Morgan fingerprint density at radius 1 is 1.17 bits per heavy atom. The van der Waals surface area contributed by atoms with Gasteiger partial charge in [-0.05, 0) is 32.5 Å². The van der Waals surface area contributed by atoms with E-state index < -0.39 is 0 Å². The van der Waals surface area contributed by atoms with E-state index in [9.17, 15) is 0 Å². The van der Waals surface area contributed by atoms with Crippen molar-refractivity contribution in [2.75, 3.05) is 52.4 Å². The number of likely N-dealkylation sites (tertiary alicyclic amines) is 1. The topological polar surface area (TPSA) is 27.7 Å². The van der Waals surface area contributed by atoms with Crippen LogP contribution < -0.4 is 5.32 Å². The lowest BCUT2D eigenvalue weighted by molar-refractivity contribution is -0.0393. The first-order chi connectivity index (χ1) is 8.81. The molecule has 2 heterocycles. The SMILES string of the molecule is CCCNC1CCN(CC2CN(CC)CCO2)C1. The second-order valence-electron chi connectivity index (χ2n) is 5.59. The molecule has 0 bridgehead atoms. The van der Waals surface area contributed by atoms with Crippen LogP contribution in [0.1, 0.15) is 26.7 Å². The van der Waals surface area contributed by atoms with Gasteiger partial charge in [-0.25, -0.2) is 0 Å². The lowest BCUT2D eigenvalue weighted by Gasteiger charge is -2.34. The second-order valence-corrected chi connectivity index (χ2v) is 5.59. The highest BCUT2D eigenvalue weighted by Gasteiger charge is 2.26. The third kappa shape index (κ3) is 4.19. The second kappa shape index (κ2) is 7.43. The molecule has 2 rings (SSSR count). The molecule has 0 spiro atoms. The zero-order valence-corrected chi connectivity index (χ0v) is 12.0. The van der Waals surface area contributed by atoms with E-state index in [1.165, 1.54) is 25.9 Å². The lowest BCUT2D eigenvalue weighted by atomic mass is 10.2. The van der Waals surface area contributed by atoms with Gasteiger partial charge in [0.25, 0.3) is 0 Å². The molecule has 0 aromatic rings. The Kier molecular flexibility index (Phi) is 5.89.